The molecule has 20 heavy (non-hydrogen) atoms. The third-order valence-corrected chi connectivity index (χ3v) is 5.09. The van der Waals surface area contributed by atoms with E-state index in [4.69, 9.17) is 0 Å². The van der Waals surface area contributed by atoms with Gasteiger partial charge >= 0.3 is 0 Å². The van der Waals surface area contributed by atoms with Crippen LogP contribution in [0.25, 0.3) is 0 Å². The summed E-state index contributed by atoms with van der Waals surface area (Å²) in [5.74, 6) is 2.50. The Bertz CT molecular complexity index is 363. The highest BCUT2D eigenvalue weighted by atomic mass is 14.9. The van der Waals surface area contributed by atoms with Crippen LogP contribution in [0.2, 0.25) is 0 Å². The van der Waals surface area contributed by atoms with Crippen LogP contribution in [0.4, 0.5) is 0 Å². The van der Waals surface area contributed by atoms with Crippen LogP contribution >= 0.6 is 0 Å². The number of rotatable bonds is 6. The summed E-state index contributed by atoms with van der Waals surface area (Å²) in [6.07, 6.45) is 6.84. The second-order valence-electron chi connectivity index (χ2n) is 6.91. The topological polar surface area (TPSA) is 12.0 Å². The smallest absolute Gasteiger partial charge is 0.00672 e. The van der Waals surface area contributed by atoms with Crippen molar-refractivity contribution < 1.29 is 0 Å². The summed E-state index contributed by atoms with van der Waals surface area (Å²) in [5.41, 5.74) is 1.47. The van der Waals surface area contributed by atoms with E-state index in [0.717, 1.165) is 24.4 Å². The van der Waals surface area contributed by atoms with E-state index in [9.17, 15) is 0 Å². The Morgan fingerprint density at radius 1 is 1.00 bits per heavy atom. The molecule has 1 unspecified atom stereocenters. The summed E-state index contributed by atoms with van der Waals surface area (Å²) in [4.78, 5) is 0. The predicted octanol–water partition coefficient (Wildman–Crippen LogP) is 4.98. The Balaban J connectivity index is 1.65. The maximum absolute atomic E-state index is 3.78. The lowest BCUT2D eigenvalue weighted by Crippen LogP contribution is -2.35. The largest absolute Gasteiger partial charge is 0.314 e. The molecule has 1 fully saturated rings. The minimum Gasteiger partial charge on any atom is -0.314 e. The lowest BCUT2D eigenvalue weighted by molar-refractivity contribution is 0.238. The van der Waals surface area contributed by atoms with Crippen LogP contribution in [-0.2, 0) is 0 Å². The number of benzene rings is 1. The van der Waals surface area contributed by atoms with Gasteiger partial charge in [0, 0.05) is 6.04 Å². The lowest BCUT2D eigenvalue weighted by atomic mass is 9.79. The van der Waals surface area contributed by atoms with E-state index in [2.05, 4.69) is 56.4 Å². The Morgan fingerprint density at radius 2 is 1.65 bits per heavy atom. The van der Waals surface area contributed by atoms with Crippen molar-refractivity contribution >= 4 is 0 Å². The van der Waals surface area contributed by atoms with Gasteiger partial charge in [-0.3, -0.25) is 0 Å². The van der Waals surface area contributed by atoms with Crippen molar-refractivity contribution in [2.24, 2.45) is 11.8 Å². The molecule has 1 aromatic rings. The van der Waals surface area contributed by atoms with E-state index in [1.807, 2.05) is 0 Å². The molecule has 1 atom stereocenters. The zero-order valence-electron chi connectivity index (χ0n) is 13.4. The van der Waals surface area contributed by atoms with Gasteiger partial charge in [-0.05, 0) is 62.0 Å². The monoisotopic (exact) mass is 273 g/mol. The summed E-state index contributed by atoms with van der Waals surface area (Å²) in [5, 5.41) is 3.78. The first-order chi connectivity index (χ1) is 9.66. The van der Waals surface area contributed by atoms with E-state index in [1.54, 1.807) is 0 Å². The minimum absolute atomic E-state index is 0.663. The highest BCUT2D eigenvalue weighted by Crippen LogP contribution is 2.30. The summed E-state index contributed by atoms with van der Waals surface area (Å²) in [6.45, 7) is 8.25. The SMILES string of the molecule is CC(CCNC1CCC(C(C)C)CC1)c1ccccc1. The van der Waals surface area contributed by atoms with Crippen molar-refractivity contribution in [3.05, 3.63) is 35.9 Å². The van der Waals surface area contributed by atoms with Gasteiger partial charge in [-0.25, -0.2) is 0 Å². The fraction of sp³-hybridized carbons (Fsp3) is 0.684. The summed E-state index contributed by atoms with van der Waals surface area (Å²) in [7, 11) is 0. The standard InChI is InChI=1S/C19H31N/c1-15(2)17-9-11-19(12-10-17)20-14-13-16(3)18-7-5-4-6-8-18/h4-8,15-17,19-20H,9-14H2,1-3H3. The molecule has 0 amide bonds. The third kappa shape index (κ3) is 4.63. The molecule has 0 aliphatic heterocycles. The van der Waals surface area contributed by atoms with Crippen LogP contribution in [0, 0.1) is 11.8 Å². The first-order valence-electron chi connectivity index (χ1n) is 8.45. The highest BCUT2D eigenvalue weighted by molar-refractivity contribution is 5.18. The first kappa shape index (κ1) is 15.6. The molecular weight excluding hydrogens is 242 g/mol. The highest BCUT2D eigenvalue weighted by Gasteiger charge is 2.22. The van der Waals surface area contributed by atoms with Gasteiger partial charge in [0.05, 0.1) is 0 Å². The molecule has 1 N–H and O–H groups in total. The molecule has 1 nitrogen and oxygen atoms in total. The summed E-state index contributed by atoms with van der Waals surface area (Å²) < 4.78 is 0. The van der Waals surface area contributed by atoms with Gasteiger partial charge in [0.1, 0.15) is 0 Å². The molecule has 1 aliphatic rings. The van der Waals surface area contributed by atoms with Crippen molar-refractivity contribution in [2.45, 2.75) is 64.8 Å². The molecule has 0 heterocycles. The van der Waals surface area contributed by atoms with Crippen molar-refractivity contribution in [3.63, 3.8) is 0 Å². The molecule has 1 saturated carbocycles. The van der Waals surface area contributed by atoms with Crippen LogP contribution in [0.15, 0.2) is 30.3 Å². The minimum atomic E-state index is 0.663. The molecule has 0 spiro atoms. The Kier molecular flexibility index (Phi) is 6.09. The average molecular weight is 273 g/mol. The first-order valence-corrected chi connectivity index (χ1v) is 8.45. The summed E-state index contributed by atoms with van der Waals surface area (Å²) in [6, 6.07) is 11.7. The molecule has 0 radical (unpaired) electrons. The Labute approximate surface area is 125 Å². The van der Waals surface area contributed by atoms with E-state index < -0.39 is 0 Å². The van der Waals surface area contributed by atoms with Crippen LogP contribution in [0.1, 0.15) is 64.4 Å². The second kappa shape index (κ2) is 7.83. The van der Waals surface area contributed by atoms with Crippen LogP contribution in [0.3, 0.4) is 0 Å². The molecular formula is C19H31N. The van der Waals surface area contributed by atoms with Crippen molar-refractivity contribution in [2.75, 3.05) is 6.54 Å². The van der Waals surface area contributed by atoms with E-state index in [-0.39, 0.29) is 0 Å². The molecule has 1 aliphatic carbocycles. The van der Waals surface area contributed by atoms with Gasteiger partial charge in [-0.2, -0.15) is 0 Å². The number of nitrogens with one attached hydrogen (secondary N) is 1. The van der Waals surface area contributed by atoms with Crippen LogP contribution in [-0.4, -0.2) is 12.6 Å². The van der Waals surface area contributed by atoms with Gasteiger partial charge in [-0.1, -0.05) is 51.1 Å². The summed E-state index contributed by atoms with van der Waals surface area (Å²) >= 11 is 0. The van der Waals surface area contributed by atoms with Gasteiger partial charge in [0.25, 0.3) is 0 Å². The van der Waals surface area contributed by atoms with Gasteiger partial charge in [0.2, 0.25) is 0 Å². The number of hydrogen-bond acceptors (Lipinski definition) is 1. The third-order valence-electron chi connectivity index (χ3n) is 5.09. The predicted molar refractivity (Wildman–Crippen MR) is 88.1 cm³/mol. The molecule has 112 valence electrons. The maximum Gasteiger partial charge on any atom is 0.00672 e. The second-order valence-corrected chi connectivity index (χ2v) is 6.91. The molecule has 2 rings (SSSR count). The van der Waals surface area contributed by atoms with Crippen LogP contribution in [0.5, 0.6) is 0 Å². The quantitative estimate of drug-likeness (QED) is 0.770. The van der Waals surface area contributed by atoms with Gasteiger partial charge < -0.3 is 5.32 Å². The number of hydrogen-bond donors (Lipinski definition) is 1. The fourth-order valence-electron chi connectivity index (χ4n) is 3.44. The molecule has 0 saturated heterocycles. The normalized spacial score (nSPS) is 24.8. The average Bonchev–Trinajstić information content (AvgIpc) is 2.48. The lowest BCUT2D eigenvalue weighted by Gasteiger charge is -2.31. The zero-order valence-corrected chi connectivity index (χ0v) is 13.4. The van der Waals surface area contributed by atoms with Crippen molar-refractivity contribution in [1.29, 1.82) is 0 Å². The maximum atomic E-state index is 3.78. The van der Waals surface area contributed by atoms with Crippen molar-refractivity contribution in [3.8, 4) is 0 Å². The van der Waals surface area contributed by atoms with Gasteiger partial charge in [0.15, 0.2) is 0 Å². The van der Waals surface area contributed by atoms with E-state index >= 15 is 0 Å². The van der Waals surface area contributed by atoms with Crippen LogP contribution < -0.4 is 5.32 Å². The van der Waals surface area contributed by atoms with E-state index in [0.29, 0.717) is 5.92 Å². The molecule has 0 bridgehead atoms. The van der Waals surface area contributed by atoms with E-state index in [1.165, 1.54) is 37.7 Å². The zero-order chi connectivity index (χ0) is 14.4. The fourth-order valence-corrected chi connectivity index (χ4v) is 3.44. The molecule has 0 aromatic heterocycles. The Hall–Kier alpha value is -0.820. The Morgan fingerprint density at radius 3 is 2.25 bits per heavy atom. The molecule has 1 aromatic carbocycles. The van der Waals surface area contributed by atoms with Gasteiger partial charge in [-0.15, -0.1) is 0 Å². The molecule has 1 heteroatoms. The van der Waals surface area contributed by atoms with Crippen molar-refractivity contribution in [1.82, 2.24) is 5.32 Å².